The Kier molecular flexibility index (Phi) is 29.3. The van der Waals surface area contributed by atoms with E-state index in [1.807, 2.05) is 91.0 Å². The Bertz CT molecular complexity index is 4750. The van der Waals surface area contributed by atoms with Crippen LogP contribution in [0.3, 0.4) is 0 Å². The summed E-state index contributed by atoms with van der Waals surface area (Å²) in [6.07, 6.45) is 4.05. The molecule has 5 heterocycles. The fraction of sp³-hybridized carbons (Fsp3) is 0.244. The number of thiol groups is 2. The number of carbonyl (C=O) groups excluding carboxylic acids is 4. The maximum Gasteiger partial charge on any atom is 0.327 e. The smallest absolute Gasteiger partial charge is 0.327 e. The number of carbonyl (C=O) groups is 6. The highest BCUT2D eigenvalue weighted by molar-refractivity contribution is 7.85. The molecule has 3 atom stereocenters. The van der Waals surface area contributed by atoms with Crippen molar-refractivity contribution >= 4 is 92.9 Å². The highest BCUT2D eigenvalue weighted by Gasteiger charge is 2.35. The summed E-state index contributed by atoms with van der Waals surface area (Å²) in [6.45, 7) is 7.61. The normalized spacial score (nSPS) is 13.7. The van der Waals surface area contributed by atoms with Crippen molar-refractivity contribution in [3.05, 3.63) is 228 Å². The number of imidazole rings is 1. The topological polar surface area (TPSA) is 366 Å². The number of likely N-dealkylation sites (tertiary alicyclic amines) is 1. The van der Waals surface area contributed by atoms with E-state index in [9.17, 15) is 37.2 Å². The van der Waals surface area contributed by atoms with Gasteiger partial charge < -0.3 is 56.0 Å². The van der Waals surface area contributed by atoms with Crippen LogP contribution >= 0.6 is 25.3 Å². The predicted octanol–water partition coefficient (Wildman–Crippen LogP) is 11.4. The lowest BCUT2D eigenvalue weighted by Crippen LogP contribution is -2.43. The lowest BCUT2D eigenvalue weighted by molar-refractivity contribution is -0.149. The van der Waals surface area contributed by atoms with Crippen molar-refractivity contribution in [3.63, 3.8) is 0 Å². The molecule has 0 bridgehead atoms. The van der Waals surface area contributed by atoms with Crippen LogP contribution in [0.15, 0.2) is 194 Å². The van der Waals surface area contributed by atoms with Gasteiger partial charge in [-0.25, -0.2) is 14.6 Å². The molecule has 0 unspecified atom stereocenters. The van der Waals surface area contributed by atoms with E-state index in [1.165, 1.54) is 39.7 Å². The molecule has 7 aromatic carbocycles. The monoisotopic (exact) mass is 1480 g/mol. The van der Waals surface area contributed by atoms with Crippen LogP contribution in [0.1, 0.15) is 83.0 Å². The number of aliphatic carboxylic acids is 2. The third-order valence-corrected chi connectivity index (χ3v) is 18.2. The SMILES string of the molecule is CC(=O)N[C@@H](CS)C(=O)O.CC/C(=C(\c1ccccc1)c1ccc(OCCN(C)C)cc1)c1ccccc1.C[C@H](CS)C(=O)N1CCC[C@H]1C(=O)O.NC(=O)c1ccc(-c2nc(-c3ccc4c(c3)OCO4)c(-c3ccccn3)[nH]2)cc1.NCCS(=O)(=O)O.O=C1c2ccccc2-c2n[nH]c3cccc1c23. The first-order valence-corrected chi connectivity index (χ1v) is 36.4. The van der Waals surface area contributed by atoms with E-state index in [4.69, 9.17) is 45.4 Å². The van der Waals surface area contributed by atoms with Gasteiger partial charge in [-0.15, -0.1) is 0 Å². The van der Waals surface area contributed by atoms with Gasteiger partial charge in [-0.2, -0.15) is 38.8 Å². The lowest BCUT2D eigenvalue weighted by atomic mass is 9.87. The lowest BCUT2D eigenvalue weighted by Gasteiger charge is -2.24. The van der Waals surface area contributed by atoms with Gasteiger partial charge in [-0.1, -0.05) is 141 Å². The van der Waals surface area contributed by atoms with E-state index in [2.05, 4.69) is 162 Å². The first kappa shape index (κ1) is 79.8. The fourth-order valence-electron chi connectivity index (χ4n) is 11.3. The number of nitrogens with zero attached hydrogens (tertiary/aromatic N) is 5. The van der Waals surface area contributed by atoms with Crippen LogP contribution in [-0.2, 0) is 29.3 Å². The molecule has 0 radical (unpaired) electrons. The number of pyridine rings is 1. The summed E-state index contributed by atoms with van der Waals surface area (Å²) < 4.78 is 44.1. The number of H-pyrrole nitrogens is 2. The Morgan fingerprint density at radius 1 is 0.752 bits per heavy atom. The van der Waals surface area contributed by atoms with Crippen LogP contribution in [0.5, 0.6) is 17.2 Å². The van der Waals surface area contributed by atoms with Crippen LogP contribution in [-0.4, -0.2) is 170 Å². The number of primary amides is 1. The quantitative estimate of drug-likeness (QED) is 0.0192. The van der Waals surface area contributed by atoms with Crippen molar-refractivity contribution in [2.24, 2.45) is 17.4 Å². The number of nitrogens with two attached hydrogens (primary N) is 2. The molecule has 0 saturated carbocycles. The minimum atomic E-state index is -3.80. The Morgan fingerprint density at radius 2 is 1.37 bits per heavy atom. The molecule has 24 nitrogen and oxygen atoms in total. The molecule has 3 aliphatic rings. The van der Waals surface area contributed by atoms with Crippen LogP contribution in [0, 0.1) is 5.92 Å². The number of aromatic nitrogens is 5. The summed E-state index contributed by atoms with van der Waals surface area (Å²) in [5, 5.41) is 27.7. The highest BCUT2D eigenvalue weighted by atomic mass is 32.2. The average molecular weight is 1480 g/mol. The van der Waals surface area contributed by atoms with Gasteiger partial charge in [0.1, 0.15) is 36.0 Å². The number of likely N-dealkylation sites (N-methyl/N-ethyl adjacent to an activating group) is 1. The van der Waals surface area contributed by atoms with E-state index in [-0.39, 0.29) is 48.4 Å². The molecule has 10 N–H and O–H groups in total. The number of hydrogen-bond acceptors (Lipinski definition) is 18. The van der Waals surface area contributed by atoms with E-state index in [0.29, 0.717) is 48.2 Å². The minimum absolute atomic E-state index is 0.0289. The third-order valence-electron chi connectivity index (χ3n) is 16.5. The zero-order valence-electron chi connectivity index (χ0n) is 58.5. The van der Waals surface area contributed by atoms with Crippen LogP contribution in [0.25, 0.3) is 67.3 Å². The number of aromatic amines is 2. The molecule has 27 heteroatoms. The summed E-state index contributed by atoms with van der Waals surface area (Å²) in [5.41, 5.74) is 25.1. The van der Waals surface area contributed by atoms with E-state index >= 15 is 0 Å². The molecule has 548 valence electrons. The van der Waals surface area contributed by atoms with Crippen LogP contribution < -0.4 is 31.0 Å². The maximum atomic E-state index is 12.4. The van der Waals surface area contributed by atoms with Crippen molar-refractivity contribution in [2.45, 2.75) is 52.1 Å². The van der Waals surface area contributed by atoms with Crippen molar-refractivity contribution in [1.82, 2.24) is 40.3 Å². The van der Waals surface area contributed by atoms with Crippen molar-refractivity contribution in [1.29, 1.82) is 0 Å². The van der Waals surface area contributed by atoms with Crippen LogP contribution in [0.4, 0.5) is 0 Å². The molecule has 105 heavy (non-hydrogen) atoms. The Morgan fingerprint density at radius 3 is 1.94 bits per heavy atom. The number of benzene rings is 7. The van der Waals surface area contributed by atoms with E-state index in [0.717, 1.165) is 86.6 Å². The zero-order valence-corrected chi connectivity index (χ0v) is 61.1. The molecule has 3 aromatic heterocycles. The van der Waals surface area contributed by atoms with Gasteiger partial charge in [-0.3, -0.25) is 33.8 Å². The second-order valence-electron chi connectivity index (χ2n) is 24.3. The summed E-state index contributed by atoms with van der Waals surface area (Å²) in [7, 11) is 0.310. The first-order chi connectivity index (χ1) is 50.4. The first-order valence-electron chi connectivity index (χ1n) is 33.5. The summed E-state index contributed by atoms with van der Waals surface area (Å²) in [6, 6.07) is 60.0. The number of ketones is 1. The minimum Gasteiger partial charge on any atom is -0.492 e. The fourth-order valence-corrected chi connectivity index (χ4v) is 12.0. The number of rotatable bonds is 20. The van der Waals surface area contributed by atoms with Gasteiger partial charge in [0.25, 0.3) is 10.1 Å². The van der Waals surface area contributed by atoms with Gasteiger partial charge in [0, 0.05) is 88.9 Å². The molecule has 1 fully saturated rings. The molecule has 3 amide bonds. The predicted molar refractivity (Wildman–Crippen MR) is 412 cm³/mol. The Labute approximate surface area is 619 Å². The van der Waals surface area contributed by atoms with Gasteiger partial charge in [0.2, 0.25) is 24.5 Å². The standard InChI is InChI=1S/C26H29NO.C22H16N4O3.C14H8N2O.C9H15NO3S.C5H9NO3S.C2H7NO3S/c1-4-25(21-11-7-5-8-12-21)26(22-13-9-6-10-14-22)23-15-17-24(18-16-23)28-20-19-27(2)3;23-21(27)13-4-6-14(7-5-13)22-25-19(20(26-22)16-3-1-2-10-24-16)15-8-9-17-18(11-15)29-12-28-17;17-14-9-5-2-1-4-8(9)13-12-10(14)6-3-7-11(12)15-16-13;1-6(5-14)8(11)10-4-2-3-7(10)9(12)13;1-3(7)6-4(2-10)5(8)9;3-1-2-7(4,5)6/h5-18H,4,19-20H2,1-3H3;1-11H,12H2,(H2,23,27)(H,25,26);1-7H,(H,15,16);6-7,14H,2-5H2,1H3,(H,12,13);4,10H,2H2,1H3,(H,6,7)(H,8,9);1-3H2,(H,4,5,6)/b26-25-;;;;;/t;;;6-,7+;4-;/m...10./s1. The summed E-state index contributed by atoms with van der Waals surface area (Å²) >= 11 is 7.77. The molecule has 2 aliphatic heterocycles. The average Bonchev–Trinajstić information content (AvgIpc) is 1.66. The number of nitrogens with one attached hydrogen (secondary N) is 3. The molecule has 1 aliphatic carbocycles. The number of carboxylic acid groups (broad SMARTS) is 2. The number of carboxylic acids is 2. The number of allylic oxidation sites excluding steroid dienone is 1. The van der Waals surface area contributed by atoms with Gasteiger partial charge in [0.05, 0.1) is 28.4 Å². The van der Waals surface area contributed by atoms with Crippen molar-refractivity contribution in [2.75, 3.05) is 64.4 Å². The number of hydrogen-bond donors (Lipinski definition) is 10. The molecule has 1 saturated heterocycles. The number of amides is 3. The zero-order chi connectivity index (χ0) is 75.7. The summed E-state index contributed by atoms with van der Waals surface area (Å²) in [4.78, 5) is 83.0. The van der Waals surface area contributed by atoms with Gasteiger partial charge >= 0.3 is 11.9 Å². The highest BCUT2D eigenvalue weighted by Crippen LogP contribution is 2.41. The second kappa shape index (κ2) is 38.5. The second-order valence-corrected chi connectivity index (χ2v) is 26.6. The largest absolute Gasteiger partial charge is 0.492 e. The Balaban J connectivity index is 0.000000169. The summed E-state index contributed by atoms with van der Waals surface area (Å²) in [5.74, 6) is 0.188. The molecule has 0 spiro atoms. The molecular weight excluding hydrogens is 1400 g/mol. The number of fused-ring (bicyclic) bond motifs is 3. The third kappa shape index (κ3) is 21.8. The van der Waals surface area contributed by atoms with E-state index in [1.54, 1.807) is 25.3 Å². The molecular formula is C78H84N10O14S3. The maximum absolute atomic E-state index is 12.4. The van der Waals surface area contributed by atoms with E-state index < -0.39 is 40.0 Å². The van der Waals surface area contributed by atoms with Crippen molar-refractivity contribution in [3.8, 4) is 62.5 Å². The van der Waals surface area contributed by atoms with Crippen LogP contribution in [0.2, 0.25) is 0 Å². The Hall–Kier alpha value is -10.9. The number of ether oxygens (including phenoxy) is 3. The molecule has 13 rings (SSSR count). The van der Waals surface area contributed by atoms with Crippen molar-refractivity contribution < 1.29 is 66.2 Å². The van der Waals surface area contributed by atoms with Gasteiger partial charge in [-0.05, 0) is 122 Å². The molecule has 10 aromatic rings. The van der Waals surface area contributed by atoms with Gasteiger partial charge in [0.15, 0.2) is 17.3 Å².